The van der Waals surface area contributed by atoms with Crippen molar-refractivity contribution in [3.63, 3.8) is 0 Å². The monoisotopic (exact) mass is 184 g/mol. The molecule has 1 fully saturated rings. The van der Waals surface area contributed by atoms with Crippen LogP contribution in [0.5, 0.6) is 0 Å². The quantitative estimate of drug-likeness (QED) is 0.682. The van der Waals surface area contributed by atoms with Gasteiger partial charge in [0.05, 0.1) is 0 Å². The van der Waals surface area contributed by atoms with Crippen molar-refractivity contribution in [3.8, 4) is 0 Å². The van der Waals surface area contributed by atoms with Gasteiger partial charge >= 0.3 is 0 Å². The standard InChI is InChI=1S/C11H24N2/c1-3-7-12-10(2)9-11-6-4-5-8-13-11/h10-13H,3-9H2,1-2H3. The molecule has 1 aliphatic heterocycles. The Morgan fingerprint density at radius 3 is 2.92 bits per heavy atom. The smallest absolute Gasteiger partial charge is 0.00817 e. The normalized spacial score (nSPS) is 25.8. The van der Waals surface area contributed by atoms with Crippen LogP contribution in [0.25, 0.3) is 0 Å². The van der Waals surface area contributed by atoms with Crippen LogP contribution in [0.15, 0.2) is 0 Å². The first-order valence-electron chi connectivity index (χ1n) is 5.79. The fraction of sp³-hybridized carbons (Fsp3) is 1.00. The molecule has 0 saturated carbocycles. The Morgan fingerprint density at radius 2 is 2.31 bits per heavy atom. The third-order valence-electron chi connectivity index (χ3n) is 2.79. The van der Waals surface area contributed by atoms with Gasteiger partial charge < -0.3 is 10.6 Å². The molecule has 0 spiro atoms. The minimum Gasteiger partial charge on any atom is -0.314 e. The molecule has 1 rings (SSSR count). The van der Waals surface area contributed by atoms with Crippen LogP contribution in [-0.4, -0.2) is 25.2 Å². The molecule has 0 bridgehead atoms. The van der Waals surface area contributed by atoms with Gasteiger partial charge in [-0.25, -0.2) is 0 Å². The zero-order valence-corrected chi connectivity index (χ0v) is 9.10. The van der Waals surface area contributed by atoms with Gasteiger partial charge in [-0.3, -0.25) is 0 Å². The maximum atomic E-state index is 3.59. The van der Waals surface area contributed by atoms with Gasteiger partial charge in [-0.1, -0.05) is 13.3 Å². The van der Waals surface area contributed by atoms with Crippen LogP contribution in [0, 0.1) is 0 Å². The van der Waals surface area contributed by atoms with E-state index < -0.39 is 0 Å². The molecule has 0 aromatic carbocycles. The van der Waals surface area contributed by atoms with Gasteiger partial charge in [0, 0.05) is 12.1 Å². The van der Waals surface area contributed by atoms with Crippen molar-refractivity contribution in [2.75, 3.05) is 13.1 Å². The summed E-state index contributed by atoms with van der Waals surface area (Å²) in [6.07, 6.45) is 6.69. The first-order valence-corrected chi connectivity index (χ1v) is 5.79. The molecule has 2 heteroatoms. The van der Waals surface area contributed by atoms with Gasteiger partial charge in [-0.15, -0.1) is 0 Å². The summed E-state index contributed by atoms with van der Waals surface area (Å²) >= 11 is 0. The summed E-state index contributed by atoms with van der Waals surface area (Å²) in [5, 5.41) is 7.13. The number of piperidine rings is 1. The Balaban J connectivity index is 2.07. The summed E-state index contributed by atoms with van der Waals surface area (Å²) in [6, 6.07) is 1.45. The van der Waals surface area contributed by atoms with E-state index in [4.69, 9.17) is 0 Å². The summed E-state index contributed by atoms with van der Waals surface area (Å²) in [5.74, 6) is 0. The summed E-state index contributed by atoms with van der Waals surface area (Å²) in [5.41, 5.74) is 0. The molecule has 2 N–H and O–H groups in total. The Bertz CT molecular complexity index is 119. The lowest BCUT2D eigenvalue weighted by Gasteiger charge is -2.26. The van der Waals surface area contributed by atoms with Crippen molar-refractivity contribution in [3.05, 3.63) is 0 Å². The molecular formula is C11H24N2. The molecule has 0 amide bonds. The molecule has 2 nitrogen and oxygen atoms in total. The summed E-state index contributed by atoms with van der Waals surface area (Å²) in [4.78, 5) is 0. The first-order chi connectivity index (χ1) is 6.33. The summed E-state index contributed by atoms with van der Waals surface area (Å²) in [7, 11) is 0. The highest BCUT2D eigenvalue weighted by Gasteiger charge is 2.14. The Labute approximate surface area is 82.5 Å². The highest BCUT2D eigenvalue weighted by molar-refractivity contribution is 4.76. The van der Waals surface area contributed by atoms with Crippen LogP contribution in [0.4, 0.5) is 0 Å². The molecule has 13 heavy (non-hydrogen) atoms. The van der Waals surface area contributed by atoms with Gasteiger partial charge in [0.15, 0.2) is 0 Å². The topological polar surface area (TPSA) is 24.1 Å². The third-order valence-corrected chi connectivity index (χ3v) is 2.79. The van der Waals surface area contributed by atoms with E-state index in [0.717, 1.165) is 12.6 Å². The molecule has 1 heterocycles. The van der Waals surface area contributed by atoms with E-state index in [0.29, 0.717) is 6.04 Å². The SMILES string of the molecule is CCCNC(C)CC1CCCCN1. The van der Waals surface area contributed by atoms with Crippen LogP contribution < -0.4 is 10.6 Å². The molecule has 1 saturated heterocycles. The second kappa shape index (κ2) is 6.39. The van der Waals surface area contributed by atoms with Crippen molar-refractivity contribution in [2.24, 2.45) is 0 Å². The summed E-state index contributed by atoms with van der Waals surface area (Å²) < 4.78 is 0. The molecular weight excluding hydrogens is 160 g/mol. The van der Waals surface area contributed by atoms with Crippen molar-refractivity contribution in [1.29, 1.82) is 0 Å². The first kappa shape index (κ1) is 11.0. The molecule has 78 valence electrons. The van der Waals surface area contributed by atoms with Gasteiger partial charge in [0.1, 0.15) is 0 Å². The Morgan fingerprint density at radius 1 is 1.46 bits per heavy atom. The molecule has 2 atom stereocenters. The van der Waals surface area contributed by atoms with E-state index in [9.17, 15) is 0 Å². The number of hydrogen-bond donors (Lipinski definition) is 2. The van der Waals surface area contributed by atoms with Crippen LogP contribution in [0.2, 0.25) is 0 Å². The van der Waals surface area contributed by atoms with Gasteiger partial charge in [-0.2, -0.15) is 0 Å². The molecule has 0 aliphatic carbocycles. The van der Waals surface area contributed by atoms with Crippen molar-refractivity contribution < 1.29 is 0 Å². The van der Waals surface area contributed by atoms with Gasteiger partial charge in [0.2, 0.25) is 0 Å². The second-order valence-electron chi connectivity index (χ2n) is 4.24. The van der Waals surface area contributed by atoms with E-state index in [2.05, 4.69) is 24.5 Å². The largest absolute Gasteiger partial charge is 0.314 e. The van der Waals surface area contributed by atoms with E-state index in [1.165, 1.54) is 38.6 Å². The fourth-order valence-electron chi connectivity index (χ4n) is 2.03. The number of rotatable bonds is 5. The molecule has 2 unspecified atom stereocenters. The van der Waals surface area contributed by atoms with Crippen LogP contribution in [-0.2, 0) is 0 Å². The zero-order valence-electron chi connectivity index (χ0n) is 9.10. The Hall–Kier alpha value is -0.0800. The maximum absolute atomic E-state index is 3.59. The highest BCUT2D eigenvalue weighted by atomic mass is 14.9. The predicted molar refractivity (Wildman–Crippen MR) is 58.0 cm³/mol. The van der Waals surface area contributed by atoms with Gasteiger partial charge in [-0.05, 0) is 45.7 Å². The van der Waals surface area contributed by atoms with E-state index in [1.54, 1.807) is 0 Å². The van der Waals surface area contributed by atoms with Crippen molar-refractivity contribution in [1.82, 2.24) is 10.6 Å². The van der Waals surface area contributed by atoms with Crippen LogP contribution in [0.3, 0.4) is 0 Å². The van der Waals surface area contributed by atoms with E-state index in [-0.39, 0.29) is 0 Å². The summed E-state index contributed by atoms with van der Waals surface area (Å²) in [6.45, 7) is 6.91. The average molecular weight is 184 g/mol. The van der Waals surface area contributed by atoms with Gasteiger partial charge in [0.25, 0.3) is 0 Å². The van der Waals surface area contributed by atoms with Crippen LogP contribution in [0.1, 0.15) is 46.0 Å². The lowest BCUT2D eigenvalue weighted by Crippen LogP contribution is -2.40. The lowest BCUT2D eigenvalue weighted by atomic mass is 9.99. The second-order valence-corrected chi connectivity index (χ2v) is 4.24. The molecule has 1 aliphatic rings. The highest BCUT2D eigenvalue weighted by Crippen LogP contribution is 2.11. The Kier molecular flexibility index (Phi) is 5.40. The zero-order chi connectivity index (χ0) is 9.52. The molecule has 0 radical (unpaired) electrons. The fourth-order valence-corrected chi connectivity index (χ4v) is 2.03. The van der Waals surface area contributed by atoms with Crippen LogP contribution >= 0.6 is 0 Å². The number of nitrogens with one attached hydrogen (secondary N) is 2. The predicted octanol–water partition coefficient (Wildman–Crippen LogP) is 1.91. The molecule has 0 aromatic rings. The van der Waals surface area contributed by atoms with Crippen molar-refractivity contribution in [2.45, 2.75) is 58.0 Å². The minimum absolute atomic E-state index is 0.676. The lowest BCUT2D eigenvalue weighted by molar-refractivity contribution is 0.345. The van der Waals surface area contributed by atoms with E-state index >= 15 is 0 Å². The number of hydrogen-bond acceptors (Lipinski definition) is 2. The molecule has 0 aromatic heterocycles. The third kappa shape index (κ3) is 4.63. The minimum atomic E-state index is 0.676. The van der Waals surface area contributed by atoms with E-state index in [1.807, 2.05) is 0 Å². The van der Waals surface area contributed by atoms with Crippen molar-refractivity contribution >= 4 is 0 Å². The maximum Gasteiger partial charge on any atom is 0.00817 e. The average Bonchev–Trinajstić information content (AvgIpc) is 2.16.